The van der Waals surface area contributed by atoms with Gasteiger partial charge in [-0.05, 0) is 51.0 Å². The van der Waals surface area contributed by atoms with Gasteiger partial charge in [-0.15, -0.1) is 11.8 Å². The normalized spacial score (nSPS) is 11.9. The summed E-state index contributed by atoms with van der Waals surface area (Å²) in [5, 5.41) is 2.92. The summed E-state index contributed by atoms with van der Waals surface area (Å²) in [6, 6.07) is 17.6. The first-order valence-electron chi connectivity index (χ1n) is 9.70. The van der Waals surface area contributed by atoms with Gasteiger partial charge in [0, 0.05) is 29.7 Å². The molecule has 1 N–H and O–H groups in total. The zero-order chi connectivity index (χ0) is 20.5. The largest absolute Gasteiger partial charge is 0.352 e. The van der Waals surface area contributed by atoms with E-state index in [4.69, 9.17) is 0 Å². The molecule has 2 aromatic rings. The molecule has 4 nitrogen and oxygen atoms in total. The van der Waals surface area contributed by atoms with E-state index in [0.29, 0.717) is 18.7 Å². The van der Waals surface area contributed by atoms with Gasteiger partial charge in [0.05, 0.1) is 0 Å². The van der Waals surface area contributed by atoms with Gasteiger partial charge < -0.3 is 10.2 Å². The predicted octanol–water partition coefficient (Wildman–Crippen LogP) is 4.42. The van der Waals surface area contributed by atoms with Crippen molar-refractivity contribution in [3.05, 3.63) is 65.7 Å². The van der Waals surface area contributed by atoms with E-state index in [1.54, 1.807) is 23.6 Å². The van der Waals surface area contributed by atoms with Gasteiger partial charge in [-0.1, -0.05) is 42.5 Å². The standard InChI is InChI=1S/C23H30N2O2S/c1-17(2)24-23(27)19(4)25(16-20-11-9-8-10-18(20)3)22(26)14-15-28-21-12-6-5-7-13-21/h5-13,17,19H,14-16H2,1-4H3,(H,24,27). The number of thioether (sulfide) groups is 1. The number of aryl methyl sites for hydroxylation is 1. The Morgan fingerprint density at radius 1 is 1.00 bits per heavy atom. The molecule has 0 heterocycles. The second-order valence-electron chi connectivity index (χ2n) is 7.20. The Morgan fingerprint density at radius 2 is 1.64 bits per heavy atom. The summed E-state index contributed by atoms with van der Waals surface area (Å²) in [6.45, 7) is 8.12. The molecule has 0 aliphatic carbocycles. The lowest BCUT2D eigenvalue weighted by Crippen LogP contribution is -2.49. The van der Waals surface area contributed by atoms with Crippen molar-refractivity contribution < 1.29 is 9.59 Å². The number of nitrogens with zero attached hydrogens (tertiary/aromatic N) is 1. The van der Waals surface area contributed by atoms with Crippen LogP contribution in [0.5, 0.6) is 0 Å². The van der Waals surface area contributed by atoms with E-state index >= 15 is 0 Å². The van der Waals surface area contributed by atoms with Crippen molar-refractivity contribution in [2.45, 2.75) is 57.6 Å². The molecule has 1 unspecified atom stereocenters. The van der Waals surface area contributed by atoms with E-state index in [1.165, 1.54) is 0 Å². The summed E-state index contributed by atoms with van der Waals surface area (Å²) in [4.78, 5) is 28.4. The highest BCUT2D eigenvalue weighted by Crippen LogP contribution is 2.20. The number of hydrogen-bond donors (Lipinski definition) is 1. The molecule has 0 saturated heterocycles. The van der Waals surface area contributed by atoms with Crippen molar-refractivity contribution in [3.63, 3.8) is 0 Å². The second-order valence-corrected chi connectivity index (χ2v) is 8.37. The maximum Gasteiger partial charge on any atom is 0.242 e. The molecule has 0 aliphatic heterocycles. The minimum atomic E-state index is -0.517. The van der Waals surface area contributed by atoms with E-state index in [0.717, 1.165) is 16.0 Å². The molecular weight excluding hydrogens is 368 g/mol. The van der Waals surface area contributed by atoms with Crippen molar-refractivity contribution in [3.8, 4) is 0 Å². The van der Waals surface area contributed by atoms with Crippen molar-refractivity contribution in [1.29, 1.82) is 0 Å². The molecule has 150 valence electrons. The lowest BCUT2D eigenvalue weighted by Gasteiger charge is -2.30. The second kappa shape index (κ2) is 10.9. The molecule has 5 heteroatoms. The first-order chi connectivity index (χ1) is 13.4. The summed E-state index contributed by atoms with van der Waals surface area (Å²) in [7, 11) is 0. The topological polar surface area (TPSA) is 49.4 Å². The van der Waals surface area contributed by atoms with Crippen LogP contribution in [0.25, 0.3) is 0 Å². The lowest BCUT2D eigenvalue weighted by molar-refractivity contribution is -0.140. The molecule has 2 rings (SSSR count). The van der Waals surface area contributed by atoms with Gasteiger partial charge in [-0.25, -0.2) is 0 Å². The van der Waals surface area contributed by atoms with Gasteiger partial charge in [-0.3, -0.25) is 9.59 Å². The highest BCUT2D eigenvalue weighted by Gasteiger charge is 2.26. The summed E-state index contributed by atoms with van der Waals surface area (Å²) in [6.07, 6.45) is 0.394. The fraction of sp³-hybridized carbons (Fsp3) is 0.391. The molecule has 2 amide bonds. The van der Waals surface area contributed by atoms with Gasteiger partial charge >= 0.3 is 0 Å². The molecule has 0 spiro atoms. The number of carbonyl (C=O) groups excluding carboxylic acids is 2. The van der Waals surface area contributed by atoms with Crippen LogP contribution in [0.2, 0.25) is 0 Å². The van der Waals surface area contributed by atoms with Crippen molar-refractivity contribution >= 4 is 23.6 Å². The molecule has 2 aromatic carbocycles. The molecule has 0 aromatic heterocycles. The summed E-state index contributed by atoms with van der Waals surface area (Å²) < 4.78 is 0. The Hall–Kier alpha value is -2.27. The van der Waals surface area contributed by atoms with Gasteiger partial charge in [-0.2, -0.15) is 0 Å². The maximum absolute atomic E-state index is 13.0. The van der Waals surface area contributed by atoms with Gasteiger partial charge in [0.25, 0.3) is 0 Å². The van der Waals surface area contributed by atoms with Crippen LogP contribution in [-0.2, 0) is 16.1 Å². The van der Waals surface area contributed by atoms with Crippen LogP contribution in [0.15, 0.2) is 59.5 Å². The first-order valence-corrected chi connectivity index (χ1v) is 10.7. The van der Waals surface area contributed by atoms with Gasteiger partial charge in [0.15, 0.2) is 0 Å². The zero-order valence-corrected chi connectivity index (χ0v) is 18.0. The van der Waals surface area contributed by atoms with Crippen molar-refractivity contribution in [2.75, 3.05) is 5.75 Å². The van der Waals surface area contributed by atoms with E-state index in [9.17, 15) is 9.59 Å². The summed E-state index contributed by atoms with van der Waals surface area (Å²) in [5.41, 5.74) is 2.19. The molecule has 0 fully saturated rings. The Balaban J connectivity index is 2.08. The van der Waals surface area contributed by atoms with Gasteiger partial charge in [0.2, 0.25) is 11.8 Å². The Kier molecular flexibility index (Phi) is 8.58. The predicted molar refractivity (Wildman–Crippen MR) is 116 cm³/mol. The summed E-state index contributed by atoms with van der Waals surface area (Å²) in [5.74, 6) is 0.566. The molecule has 1 atom stereocenters. The van der Waals surface area contributed by atoms with E-state index in [1.807, 2.05) is 75.4 Å². The fourth-order valence-corrected chi connectivity index (χ4v) is 3.74. The fourth-order valence-electron chi connectivity index (χ4n) is 2.88. The maximum atomic E-state index is 13.0. The molecule has 0 aliphatic rings. The molecule has 0 bridgehead atoms. The lowest BCUT2D eigenvalue weighted by atomic mass is 10.1. The van der Waals surface area contributed by atoms with Crippen molar-refractivity contribution in [2.24, 2.45) is 0 Å². The number of rotatable bonds is 9. The average molecular weight is 399 g/mol. The summed E-state index contributed by atoms with van der Waals surface area (Å²) >= 11 is 1.66. The Bertz CT molecular complexity index is 777. The number of benzene rings is 2. The van der Waals surface area contributed by atoms with Crippen LogP contribution < -0.4 is 5.32 Å². The number of nitrogens with one attached hydrogen (secondary N) is 1. The number of carbonyl (C=O) groups is 2. The third-order valence-electron chi connectivity index (χ3n) is 4.53. The Morgan fingerprint density at radius 3 is 2.29 bits per heavy atom. The number of hydrogen-bond acceptors (Lipinski definition) is 3. The SMILES string of the molecule is Cc1ccccc1CN(C(=O)CCSc1ccccc1)C(C)C(=O)NC(C)C. The Labute approximate surface area is 172 Å². The molecule has 28 heavy (non-hydrogen) atoms. The first kappa shape index (κ1) is 22.0. The third kappa shape index (κ3) is 6.71. The van der Waals surface area contributed by atoms with E-state index in [2.05, 4.69) is 5.32 Å². The van der Waals surface area contributed by atoms with Crippen molar-refractivity contribution in [1.82, 2.24) is 10.2 Å². The van der Waals surface area contributed by atoms with Crippen LogP contribution >= 0.6 is 11.8 Å². The van der Waals surface area contributed by atoms with Crippen LogP contribution in [0.4, 0.5) is 0 Å². The van der Waals surface area contributed by atoms with Gasteiger partial charge in [0.1, 0.15) is 6.04 Å². The van der Waals surface area contributed by atoms with Crippen LogP contribution in [0, 0.1) is 6.92 Å². The smallest absolute Gasteiger partial charge is 0.242 e. The molecule has 0 radical (unpaired) electrons. The minimum absolute atomic E-state index is 0.00177. The van der Waals surface area contributed by atoms with E-state index in [-0.39, 0.29) is 17.9 Å². The quantitative estimate of drug-likeness (QED) is 0.636. The molecule has 0 saturated carbocycles. The monoisotopic (exact) mass is 398 g/mol. The number of amides is 2. The van der Waals surface area contributed by atoms with Crippen LogP contribution in [-0.4, -0.2) is 34.6 Å². The minimum Gasteiger partial charge on any atom is -0.352 e. The highest BCUT2D eigenvalue weighted by atomic mass is 32.2. The van der Waals surface area contributed by atoms with Crippen LogP contribution in [0.1, 0.15) is 38.3 Å². The van der Waals surface area contributed by atoms with E-state index < -0.39 is 6.04 Å². The third-order valence-corrected chi connectivity index (χ3v) is 5.54. The molecular formula is C23H30N2O2S. The highest BCUT2D eigenvalue weighted by molar-refractivity contribution is 7.99. The average Bonchev–Trinajstić information content (AvgIpc) is 2.67. The zero-order valence-electron chi connectivity index (χ0n) is 17.1. The van der Waals surface area contributed by atoms with Crippen LogP contribution in [0.3, 0.4) is 0 Å².